The van der Waals surface area contributed by atoms with E-state index in [0.717, 1.165) is 10.0 Å². The fraction of sp³-hybridized carbons (Fsp3) is 0.286. The van der Waals surface area contributed by atoms with Crippen LogP contribution in [0, 0.1) is 5.82 Å². The van der Waals surface area contributed by atoms with E-state index >= 15 is 0 Å². The lowest BCUT2D eigenvalue weighted by Crippen LogP contribution is -2.31. The van der Waals surface area contributed by atoms with E-state index in [1.807, 2.05) is 12.1 Å². The van der Waals surface area contributed by atoms with Crippen LogP contribution in [-0.2, 0) is 17.8 Å². The van der Waals surface area contributed by atoms with Gasteiger partial charge < -0.3 is 14.4 Å². The van der Waals surface area contributed by atoms with Gasteiger partial charge in [-0.15, -0.1) is 6.58 Å². The standard InChI is InChI=1S/C21H23BrFNO3/c1-4-9-24(14-16-12-17(22)6-7-20(16)23)21(25)8-5-15-10-18(26-2)13-19(11-15)27-3/h4,6-7,10-13H,1,5,8-9,14H2,2-3H3. The van der Waals surface area contributed by atoms with Gasteiger partial charge in [-0.1, -0.05) is 22.0 Å². The highest BCUT2D eigenvalue weighted by molar-refractivity contribution is 9.10. The summed E-state index contributed by atoms with van der Waals surface area (Å²) in [4.78, 5) is 14.3. The van der Waals surface area contributed by atoms with Crippen LogP contribution in [0.25, 0.3) is 0 Å². The van der Waals surface area contributed by atoms with Crippen molar-refractivity contribution in [2.75, 3.05) is 20.8 Å². The van der Waals surface area contributed by atoms with Gasteiger partial charge in [0.2, 0.25) is 5.91 Å². The van der Waals surface area contributed by atoms with E-state index in [-0.39, 0.29) is 18.3 Å². The smallest absolute Gasteiger partial charge is 0.223 e. The molecule has 0 atom stereocenters. The van der Waals surface area contributed by atoms with Gasteiger partial charge in [0, 0.05) is 35.6 Å². The lowest BCUT2D eigenvalue weighted by atomic mass is 10.1. The van der Waals surface area contributed by atoms with E-state index in [9.17, 15) is 9.18 Å². The van der Waals surface area contributed by atoms with Gasteiger partial charge in [-0.25, -0.2) is 4.39 Å². The summed E-state index contributed by atoms with van der Waals surface area (Å²) in [6, 6.07) is 10.2. The van der Waals surface area contributed by atoms with Crippen molar-refractivity contribution in [3.05, 3.63) is 70.5 Å². The number of benzene rings is 2. The zero-order chi connectivity index (χ0) is 19.8. The van der Waals surface area contributed by atoms with Crippen molar-refractivity contribution in [1.29, 1.82) is 0 Å². The Morgan fingerprint density at radius 1 is 1.19 bits per heavy atom. The van der Waals surface area contributed by atoms with Crippen molar-refractivity contribution in [3.8, 4) is 11.5 Å². The van der Waals surface area contributed by atoms with Crippen LogP contribution >= 0.6 is 15.9 Å². The summed E-state index contributed by atoms with van der Waals surface area (Å²) in [6.07, 6.45) is 2.46. The zero-order valence-electron chi connectivity index (χ0n) is 15.5. The third kappa shape index (κ3) is 6.10. The Kier molecular flexibility index (Phi) is 7.85. The summed E-state index contributed by atoms with van der Waals surface area (Å²) in [5, 5.41) is 0. The molecule has 0 saturated heterocycles. The molecule has 144 valence electrons. The van der Waals surface area contributed by atoms with Crippen LogP contribution in [0.5, 0.6) is 11.5 Å². The number of nitrogens with zero attached hydrogens (tertiary/aromatic N) is 1. The average Bonchev–Trinajstić information content (AvgIpc) is 2.68. The minimum atomic E-state index is -0.336. The van der Waals surface area contributed by atoms with Gasteiger partial charge in [0.15, 0.2) is 0 Å². The number of methoxy groups -OCH3 is 2. The van der Waals surface area contributed by atoms with E-state index in [1.54, 1.807) is 43.4 Å². The maximum Gasteiger partial charge on any atom is 0.223 e. The molecule has 4 nitrogen and oxygen atoms in total. The Morgan fingerprint density at radius 2 is 1.85 bits per heavy atom. The third-order valence-electron chi connectivity index (χ3n) is 4.11. The number of amides is 1. The molecule has 0 spiro atoms. The monoisotopic (exact) mass is 435 g/mol. The first-order valence-corrected chi connectivity index (χ1v) is 9.30. The van der Waals surface area contributed by atoms with Crippen LogP contribution in [0.1, 0.15) is 17.5 Å². The van der Waals surface area contributed by atoms with Gasteiger partial charge in [0.05, 0.1) is 14.2 Å². The minimum absolute atomic E-state index is 0.0731. The molecule has 0 fully saturated rings. The molecule has 0 unspecified atom stereocenters. The topological polar surface area (TPSA) is 38.8 Å². The molecule has 2 aromatic carbocycles. The van der Waals surface area contributed by atoms with Crippen LogP contribution in [-0.4, -0.2) is 31.6 Å². The van der Waals surface area contributed by atoms with E-state index in [2.05, 4.69) is 22.5 Å². The van der Waals surface area contributed by atoms with E-state index in [4.69, 9.17) is 9.47 Å². The highest BCUT2D eigenvalue weighted by Crippen LogP contribution is 2.24. The highest BCUT2D eigenvalue weighted by Gasteiger charge is 2.15. The molecule has 1 amide bonds. The number of hydrogen-bond acceptors (Lipinski definition) is 3. The predicted octanol–water partition coefficient (Wildman–Crippen LogP) is 4.75. The Labute approximate surface area is 167 Å². The Hall–Kier alpha value is -2.34. The lowest BCUT2D eigenvalue weighted by Gasteiger charge is -2.22. The number of halogens is 2. The summed E-state index contributed by atoms with van der Waals surface area (Å²) in [7, 11) is 3.17. The maximum atomic E-state index is 14.0. The summed E-state index contributed by atoms with van der Waals surface area (Å²) in [6.45, 7) is 4.24. The molecular weight excluding hydrogens is 413 g/mol. The molecule has 0 aromatic heterocycles. The molecule has 0 heterocycles. The molecule has 2 aromatic rings. The van der Waals surface area contributed by atoms with Crippen molar-refractivity contribution in [3.63, 3.8) is 0 Å². The quantitative estimate of drug-likeness (QED) is 0.533. The van der Waals surface area contributed by atoms with Crippen molar-refractivity contribution in [1.82, 2.24) is 4.90 Å². The lowest BCUT2D eigenvalue weighted by molar-refractivity contribution is -0.131. The summed E-state index contributed by atoms with van der Waals surface area (Å²) >= 11 is 3.34. The molecule has 0 bridgehead atoms. The van der Waals surface area contributed by atoms with E-state index < -0.39 is 0 Å². The highest BCUT2D eigenvalue weighted by atomic mass is 79.9. The molecule has 0 aliphatic heterocycles. The van der Waals surface area contributed by atoms with Crippen LogP contribution in [0.4, 0.5) is 4.39 Å². The number of carbonyl (C=O) groups excluding carboxylic acids is 1. The first-order chi connectivity index (χ1) is 13.0. The molecule has 0 radical (unpaired) electrons. The van der Waals surface area contributed by atoms with Gasteiger partial charge >= 0.3 is 0 Å². The van der Waals surface area contributed by atoms with Crippen LogP contribution in [0.15, 0.2) is 53.5 Å². The Morgan fingerprint density at radius 3 is 2.44 bits per heavy atom. The summed E-state index contributed by atoms with van der Waals surface area (Å²) < 4.78 is 25.3. The van der Waals surface area contributed by atoms with Crippen LogP contribution in [0.2, 0.25) is 0 Å². The number of carbonyl (C=O) groups is 1. The van der Waals surface area contributed by atoms with Gasteiger partial charge in [-0.2, -0.15) is 0 Å². The second kappa shape index (κ2) is 10.1. The molecule has 2 rings (SSSR count). The van der Waals surface area contributed by atoms with Crippen molar-refractivity contribution in [2.45, 2.75) is 19.4 Å². The molecule has 6 heteroatoms. The zero-order valence-corrected chi connectivity index (χ0v) is 17.1. The Balaban J connectivity index is 2.09. The molecule has 0 saturated carbocycles. The normalized spacial score (nSPS) is 10.4. The largest absolute Gasteiger partial charge is 0.497 e. The van der Waals surface area contributed by atoms with Crippen LogP contribution < -0.4 is 9.47 Å². The number of aryl methyl sites for hydroxylation is 1. The fourth-order valence-electron chi connectivity index (χ4n) is 2.70. The molecule has 0 aliphatic rings. The minimum Gasteiger partial charge on any atom is -0.497 e. The van der Waals surface area contributed by atoms with E-state index in [0.29, 0.717) is 36.4 Å². The average molecular weight is 436 g/mol. The van der Waals surface area contributed by atoms with E-state index in [1.165, 1.54) is 6.07 Å². The Bertz CT molecular complexity index is 788. The third-order valence-corrected chi connectivity index (χ3v) is 4.60. The van der Waals surface area contributed by atoms with Gasteiger partial charge in [0.25, 0.3) is 0 Å². The second-order valence-corrected chi connectivity index (χ2v) is 6.94. The van der Waals surface area contributed by atoms with Gasteiger partial charge in [-0.05, 0) is 42.3 Å². The van der Waals surface area contributed by atoms with Crippen molar-refractivity contribution < 1.29 is 18.7 Å². The molecule has 0 aliphatic carbocycles. The second-order valence-electron chi connectivity index (χ2n) is 6.02. The maximum absolute atomic E-state index is 14.0. The first kappa shape index (κ1) is 21.0. The van der Waals surface area contributed by atoms with Gasteiger partial charge in [0.1, 0.15) is 17.3 Å². The number of hydrogen-bond donors (Lipinski definition) is 0. The first-order valence-electron chi connectivity index (χ1n) is 8.51. The predicted molar refractivity (Wildman–Crippen MR) is 108 cm³/mol. The fourth-order valence-corrected chi connectivity index (χ4v) is 3.11. The summed E-state index contributed by atoms with van der Waals surface area (Å²) in [5.74, 6) is 0.945. The molecule has 0 N–H and O–H groups in total. The van der Waals surface area contributed by atoms with Crippen LogP contribution in [0.3, 0.4) is 0 Å². The summed E-state index contributed by atoms with van der Waals surface area (Å²) in [5.41, 5.74) is 1.40. The molecule has 27 heavy (non-hydrogen) atoms. The molecular formula is C21H23BrFNO3. The van der Waals surface area contributed by atoms with Crippen molar-refractivity contribution >= 4 is 21.8 Å². The van der Waals surface area contributed by atoms with Gasteiger partial charge in [-0.3, -0.25) is 4.79 Å². The SMILES string of the molecule is C=CCN(Cc1cc(Br)ccc1F)C(=O)CCc1cc(OC)cc(OC)c1. The number of ether oxygens (including phenoxy) is 2. The number of rotatable bonds is 9. The van der Waals surface area contributed by atoms with Crippen molar-refractivity contribution in [2.24, 2.45) is 0 Å².